The largest absolute Gasteiger partial charge is 0.492 e. The van der Waals surface area contributed by atoms with Gasteiger partial charge in [0.1, 0.15) is 12.4 Å². The van der Waals surface area contributed by atoms with Crippen molar-refractivity contribution in [2.24, 2.45) is 0 Å². The predicted octanol–water partition coefficient (Wildman–Crippen LogP) is 1.03. The molecule has 0 unspecified atom stereocenters. The van der Waals surface area contributed by atoms with Crippen LogP contribution >= 0.6 is 0 Å². The molecule has 0 amide bonds. The number of rotatable bonds is 6. The molecule has 0 saturated carbocycles. The molecule has 0 spiro atoms. The van der Waals surface area contributed by atoms with Crippen LogP contribution in [0.15, 0.2) is 24.3 Å². The van der Waals surface area contributed by atoms with Gasteiger partial charge in [-0.15, -0.1) is 0 Å². The third-order valence-corrected chi connectivity index (χ3v) is 3.35. The molecule has 19 heavy (non-hydrogen) atoms. The minimum Gasteiger partial charge on any atom is -0.492 e. The fraction of sp³-hybridized carbons (Fsp3) is 0.600. The minimum atomic E-state index is 0.740. The monoisotopic (exact) mass is 263 g/mol. The van der Waals surface area contributed by atoms with Crippen molar-refractivity contribution in [3.63, 3.8) is 0 Å². The summed E-state index contributed by atoms with van der Waals surface area (Å²) < 4.78 is 5.70. The molecule has 1 heterocycles. The van der Waals surface area contributed by atoms with Crippen LogP contribution in [0.3, 0.4) is 0 Å². The number of ether oxygens (including phenoxy) is 1. The van der Waals surface area contributed by atoms with Gasteiger partial charge in [-0.3, -0.25) is 4.90 Å². The van der Waals surface area contributed by atoms with Gasteiger partial charge in [0, 0.05) is 39.3 Å². The number of piperazine rings is 1. The highest BCUT2D eigenvalue weighted by molar-refractivity contribution is 5.27. The molecule has 1 N–H and O–H groups in total. The highest BCUT2D eigenvalue weighted by Gasteiger charge is 2.09. The highest BCUT2D eigenvalue weighted by atomic mass is 16.5. The van der Waals surface area contributed by atoms with Crippen molar-refractivity contribution in [1.29, 1.82) is 0 Å². The maximum absolute atomic E-state index is 5.70. The van der Waals surface area contributed by atoms with Crippen LogP contribution in [0, 0.1) is 0 Å². The smallest absolute Gasteiger partial charge is 0.119 e. The van der Waals surface area contributed by atoms with Gasteiger partial charge in [0.25, 0.3) is 0 Å². The lowest BCUT2D eigenvalue weighted by molar-refractivity contribution is 0.233. The maximum Gasteiger partial charge on any atom is 0.119 e. The normalized spacial score (nSPS) is 16.8. The van der Waals surface area contributed by atoms with Gasteiger partial charge in [-0.05, 0) is 31.8 Å². The third kappa shape index (κ3) is 5.19. The van der Waals surface area contributed by atoms with Crippen molar-refractivity contribution < 1.29 is 4.74 Å². The molecule has 0 radical (unpaired) electrons. The summed E-state index contributed by atoms with van der Waals surface area (Å²) >= 11 is 0. The van der Waals surface area contributed by atoms with Crippen molar-refractivity contribution in [2.45, 2.75) is 6.54 Å². The summed E-state index contributed by atoms with van der Waals surface area (Å²) in [5, 5.41) is 3.38. The second-order valence-corrected chi connectivity index (χ2v) is 5.32. The zero-order valence-corrected chi connectivity index (χ0v) is 12.1. The van der Waals surface area contributed by atoms with E-state index in [0.717, 1.165) is 51.6 Å². The molecule has 0 aromatic heterocycles. The molecule has 0 bridgehead atoms. The van der Waals surface area contributed by atoms with Crippen LogP contribution in [0.2, 0.25) is 0 Å². The molecule has 0 aliphatic carbocycles. The first-order valence-corrected chi connectivity index (χ1v) is 7.03. The molecule has 4 heteroatoms. The Labute approximate surface area is 116 Å². The van der Waals surface area contributed by atoms with Crippen LogP contribution in [0.5, 0.6) is 5.75 Å². The van der Waals surface area contributed by atoms with E-state index in [2.05, 4.69) is 53.5 Å². The maximum atomic E-state index is 5.70. The Hall–Kier alpha value is -1.10. The van der Waals surface area contributed by atoms with E-state index in [0.29, 0.717) is 0 Å². The lowest BCUT2D eigenvalue weighted by Crippen LogP contribution is -2.42. The van der Waals surface area contributed by atoms with Gasteiger partial charge in [0.05, 0.1) is 0 Å². The zero-order valence-electron chi connectivity index (χ0n) is 12.1. The molecule has 1 aromatic rings. The van der Waals surface area contributed by atoms with E-state index in [1.165, 1.54) is 5.56 Å². The Morgan fingerprint density at radius 3 is 2.47 bits per heavy atom. The van der Waals surface area contributed by atoms with Gasteiger partial charge in [-0.2, -0.15) is 0 Å². The van der Waals surface area contributed by atoms with Crippen molar-refractivity contribution in [3.8, 4) is 5.75 Å². The molecule has 1 aromatic carbocycles. The molecule has 1 saturated heterocycles. The van der Waals surface area contributed by atoms with Crippen LogP contribution in [0.4, 0.5) is 0 Å². The summed E-state index contributed by atoms with van der Waals surface area (Å²) in [5.41, 5.74) is 1.36. The SMILES string of the molecule is CN(C)CCOc1ccc(CN2CCNCC2)cc1. The standard InChI is InChI=1S/C15H25N3O/c1-17(2)11-12-19-15-5-3-14(4-6-15)13-18-9-7-16-8-10-18/h3-6,16H,7-13H2,1-2H3. The Kier molecular flexibility index (Phi) is 5.63. The second kappa shape index (κ2) is 7.48. The van der Waals surface area contributed by atoms with E-state index in [1.54, 1.807) is 0 Å². The average molecular weight is 263 g/mol. The predicted molar refractivity (Wildman–Crippen MR) is 78.6 cm³/mol. The van der Waals surface area contributed by atoms with E-state index in [1.807, 2.05) is 0 Å². The molecule has 1 fully saturated rings. The number of nitrogens with zero attached hydrogens (tertiary/aromatic N) is 2. The third-order valence-electron chi connectivity index (χ3n) is 3.35. The fourth-order valence-electron chi connectivity index (χ4n) is 2.16. The van der Waals surface area contributed by atoms with E-state index in [4.69, 9.17) is 4.74 Å². The first kappa shape index (κ1) is 14.3. The molecule has 0 atom stereocenters. The number of likely N-dealkylation sites (N-methyl/N-ethyl adjacent to an activating group) is 1. The van der Waals surface area contributed by atoms with Gasteiger partial charge >= 0.3 is 0 Å². The summed E-state index contributed by atoms with van der Waals surface area (Å²) in [4.78, 5) is 4.61. The van der Waals surface area contributed by atoms with Crippen LogP contribution < -0.4 is 10.1 Å². The first-order chi connectivity index (χ1) is 9.24. The number of hydrogen-bond acceptors (Lipinski definition) is 4. The Balaban J connectivity index is 1.77. The number of nitrogens with one attached hydrogen (secondary N) is 1. The molecule has 106 valence electrons. The molecule has 1 aliphatic heterocycles. The number of benzene rings is 1. The van der Waals surface area contributed by atoms with Crippen LogP contribution in [-0.2, 0) is 6.54 Å². The van der Waals surface area contributed by atoms with Crippen molar-refractivity contribution in [3.05, 3.63) is 29.8 Å². The second-order valence-electron chi connectivity index (χ2n) is 5.32. The van der Waals surface area contributed by atoms with Gasteiger partial charge in [0.15, 0.2) is 0 Å². The molecule has 1 aliphatic rings. The summed E-state index contributed by atoms with van der Waals surface area (Å²) in [6.45, 7) is 7.21. The van der Waals surface area contributed by atoms with Gasteiger partial charge < -0.3 is 15.0 Å². The van der Waals surface area contributed by atoms with Crippen molar-refractivity contribution >= 4 is 0 Å². The van der Waals surface area contributed by atoms with Crippen LogP contribution in [0.1, 0.15) is 5.56 Å². The summed E-state index contributed by atoms with van der Waals surface area (Å²) in [7, 11) is 4.11. The van der Waals surface area contributed by atoms with Crippen LogP contribution in [-0.4, -0.2) is 63.2 Å². The Morgan fingerprint density at radius 2 is 1.84 bits per heavy atom. The Morgan fingerprint density at radius 1 is 1.16 bits per heavy atom. The number of hydrogen-bond donors (Lipinski definition) is 1. The highest BCUT2D eigenvalue weighted by Crippen LogP contribution is 2.13. The molecule has 4 nitrogen and oxygen atoms in total. The van der Waals surface area contributed by atoms with E-state index in [-0.39, 0.29) is 0 Å². The van der Waals surface area contributed by atoms with Gasteiger partial charge in [-0.1, -0.05) is 12.1 Å². The van der Waals surface area contributed by atoms with E-state index in [9.17, 15) is 0 Å². The Bertz CT molecular complexity index is 358. The molecular formula is C15H25N3O. The van der Waals surface area contributed by atoms with Crippen LogP contribution in [0.25, 0.3) is 0 Å². The quantitative estimate of drug-likeness (QED) is 0.830. The summed E-state index contributed by atoms with van der Waals surface area (Å²) in [5.74, 6) is 0.964. The minimum absolute atomic E-state index is 0.740. The van der Waals surface area contributed by atoms with Gasteiger partial charge in [0.2, 0.25) is 0 Å². The topological polar surface area (TPSA) is 27.7 Å². The molecule has 2 rings (SSSR count). The molecular weight excluding hydrogens is 238 g/mol. The zero-order chi connectivity index (χ0) is 13.5. The lowest BCUT2D eigenvalue weighted by atomic mass is 10.2. The fourth-order valence-corrected chi connectivity index (χ4v) is 2.16. The van der Waals surface area contributed by atoms with Crippen molar-refractivity contribution in [1.82, 2.24) is 15.1 Å². The summed E-state index contributed by atoms with van der Waals surface area (Å²) in [6, 6.07) is 8.50. The first-order valence-electron chi connectivity index (χ1n) is 7.03. The van der Waals surface area contributed by atoms with E-state index < -0.39 is 0 Å². The van der Waals surface area contributed by atoms with Gasteiger partial charge in [-0.25, -0.2) is 0 Å². The lowest BCUT2D eigenvalue weighted by Gasteiger charge is -2.27. The summed E-state index contributed by atoms with van der Waals surface area (Å²) in [6.07, 6.45) is 0. The average Bonchev–Trinajstić information content (AvgIpc) is 2.42. The van der Waals surface area contributed by atoms with Crippen molar-refractivity contribution in [2.75, 3.05) is 53.4 Å². The van der Waals surface area contributed by atoms with E-state index >= 15 is 0 Å².